The number of hydrogen-bond acceptors (Lipinski definition) is 5. The molecule has 2 aliphatic heterocycles. The van der Waals surface area contributed by atoms with Gasteiger partial charge in [0.25, 0.3) is 0 Å². The van der Waals surface area contributed by atoms with Gasteiger partial charge < -0.3 is 19.8 Å². The van der Waals surface area contributed by atoms with Crippen LogP contribution in [-0.4, -0.2) is 58.4 Å². The standard InChI is InChI=1S/C13H21N3O4/c1-13(2,3)20-12(19)15-5-4-6-16-9(8-15)7-10(14-16)11(17)18/h7,10,14H,4-6,8H2,1-3H3,(H,17,18). The zero-order chi connectivity index (χ0) is 14.9. The fourth-order valence-electron chi connectivity index (χ4n) is 2.22. The summed E-state index contributed by atoms with van der Waals surface area (Å²) >= 11 is 0. The third kappa shape index (κ3) is 3.41. The Balaban J connectivity index is 2.06. The van der Waals surface area contributed by atoms with Crippen LogP contribution in [0.2, 0.25) is 0 Å². The van der Waals surface area contributed by atoms with Crippen molar-refractivity contribution in [1.82, 2.24) is 15.3 Å². The second-order valence-electron chi connectivity index (χ2n) is 6.01. The molecule has 1 atom stereocenters. The van der Waals surface area contributed by atoms with E-state index in [0.717, 1.165) is 12.1 Å². The Morgan fingerprint density at radius 2 is 2.10 bits per heavy atom. The number of hydrogen-bond donors (Lipinski definition) is 2. The highest BCUT2D eigenvalue weighted by atomic mass is 16.6. The largest absolute Gasteiger partial charge is 0.480 e. The SMILES string of the molecule is CC(C)(C)OC(=O)N1CCCN2NC(C(=O)O)C=C2C1. The predicted molar refractivity (Wildman–Crippen MR) is 71.8 cm³/mol. The Morgan fingerprint density at radius 1 is 1.40 bits per heavy atom. The van der Waals surface area contributed by atoms with Gasteiger partial charge in [0.1, 0.15) is 11.6 Å². The van der Waals surface area contributed by atoms with Crippen LogP contribution in [0.1, 0.15) is 27.2 Å². The molecule has 0 saturated carbocycles. The maximum Gasteiger partial charge on any atom is 0.410 e. The molecule has 2 heterocycles. The van der Waals surface area contributed by atoms with Crippen LogP contribution in [0.25, 0.3) is 0 Å². The van der Waals surface area contributed by atoms with Gasteiger partial charge in [-0.2, -0.15) is 0 Å². The quantitative estimate of drug-likeness (QED) is 0.740. The van der Waals surface area contributed by atoms with Crippen molar-refractivity contribution in [2.45, 2.75) is 38.8 Å². The van der Waals surface area contributed by atoms with E-state index in [-0.39, 0.29) is 6.09 Å². The lowest BCUT2D eigenvalue weighted by Gasteiger charge is -2.26. The fraction of sp³-hybridized carbons (Fsp3) is 0.692. The highest BCUT2D eigenvalue weighted by Gasteiger charge is 2.32. The van der Waals surface area contributed by atoms with E-state index >= 15 is 0 Å². The fourth-order valence-corrected chi connectivity index (χ4v) is 2.22. The van der Waals surface area contributed by atoms with Crippen molar-refractivity contribution < 1.29 is 19.4 Å². The number of nitrogens with zero attached hydrogens (tertiary/aromatic N) is 2. The first-order valence-corrected chi connectivity index (χ1v) is 6.71. The molecule has 0 aromatic heterocycles. The van der Waals surface area contributed by atoms with Crippen LogP contribution in [-0.2, 0) is 9.53 Å². The van der Waals surface area contributed by atoms with Gasteiger partial charge in [-0.3, -0.25) is 4.79 Å². The minimum atomic E-state index is -0.922. The smallest absolute Gasteiger partial charge is 0.410 e. The van der Waals surface area contributed by atoms with Crippen molar-refractivity contribution in [3.05, 3.63) is 11.8 Å². The average Bonchev–Trinajstić information content (AvgIpc) is 2.59. The molecule has 1 unspecified atom stereocenters. The van der Waals surface area contributed by atoms with E-state index in [9.17, 15) is 9.59 Å². The summed E-state index contributed by atoms with van der Waals surface area (Å²) < 4.78 is 5.36. The maximum absolute atomic E-state index is 12.1. The highest BCUT2D eigenvalue weighted by molar-refractivity contribution is 5.76. The number of ether oxygens (including phenoxy) is 1. The van der Waals surface area contributed by atoms with Gasteiger partial charge in [-0.25, -0.2) is 10.2 Å². The van der Waals surface area contributed by atoms with Gasteiger partial charge in [-0.15, -0.1) is 0 Å². The molecule has 112 valence electrons. The number of nitrogens with one attached hydrogen (secondary N) is 1. The molecular weight excluding hydrogens is 262 g/mol. The summed E-state index contributed by atoms with van der Waals surface area (Å²) in [7, 11) is 0. The molecule has 2 rings (SSSR count). The van der Waals surface area contributed by atoms with E-state index in [1.165, 1.54) is 0 Å². The zero-order valence-electron chi connectivity index (χ0n) is 12.0. The van der Waals surface area contributed by atoms with Gasteiger partial charge in [0, 0.05) is 18.8 Å². The average molecular weight is 283 g/mol. The molecule has 1 saturated heterocycles. The Labute approximate surface area is 118 Å². The number of aliphatic carboxylic acids is 1. The maximum atomic E-state index is 12.1. The van der Waals surface area contributed by atoms with E-state index in [0.29, 0.717) is 19.6 Å². The molecule has 0 radical (unpaired) electrons. The van der Waals surface area contributed by atoms with Crippen molar-refractivity contribution in [1.29, 1.82) is 0 Å². The zero-order valence-corrected chi connectivity index (χ0v) is 12.0. The Bertz CT molecular complexity index is 441. The van der Waals surface area contributed by atoms with Crippen LogP contribution < -0.4 is 5.43 Å². The number of hydrazine groups is 1. The molecule has 7 heteroatoms. The highest BCUT2D eigenvalue weighted by Crippen LogP contribution is 2.19. The number of carboxylic acids is 1. The lowest BCUT2D eigenvalue weighted by molar-refractivity contribution is -0.138. The molecular formula is C13H21N3O4. The van der Waals surface area contributed by atoms with Crippen LogP contribution in [0.4, 0.5) is 4.79 Å². The van der Waals surface area contributed by atoms with Crippen molar-refractivity contribution in [2.24, 2.45) is 0 Å². The number of carbonyl (C=O) groups is 2. The third-order valence-electron chi connectivity index (χ3n) is 3.08. The first kappa shape index (κ1) is 14.6. The predicted octanol–water partition coefficient (Wildman–Crippen LogP) is 0.784. The van der Waals surface area contributed by atoms with Gasteiger partial charge >= 0.3 is 12.1 Å². The number of carbonyl (C=O) groups excluding carboxylic acids is 1. The summed E-state index contributed by atoms with van der Waals surface area (Å²) in [5.41, 5.74) is 3.18. The van der Waals surface area contributed by atoms with Crippen LogP contribution in [0, 0.1) is 0 Å². The number of rotatable bonds is 1. The number of amides is 1. The van der Waals surface area contributed by atoms with Gasteiger partial charge in [0.15, 0.2) is 0 Å². The summed E-state index contributed by atoms with van der Waals surface area (Å²) in [6.07, 6.45) is 2.04. The molecule has 1 amide bonds. The minimum absolute atomic E-state index is 0.362. The van der Waals surface area contributed by atoms with Crippen LogP contribution >= 0.6 is 0 Å². The second-order valence-corrected chi connectivity index (χ2v) is 6.01. The van der Waals surface area contributed by atoms with Gasteiger partial charge in [0.05, 0.1) is 6.54 Å². The molecule has 2 N–H and O–H groups in total. The summed E-state index contributed by atoms with van der Waals surface area (Å²) in [6, 6.07) is -0.719. The summed E-state index contributed by atoms with van der Waals surface area (Å²) in [5, 5.41) is 10.8. The van der Waals surface area contributed by atoms with Gasteiger partial charge in [-0.05, 0) is 33.3 Å². The van der Waals surface area contributed by atoms with Gasteiger partial charge in [-0.1, -0.05) is 0 Å². The van der Waals surface area contributed by atoms with Crippen molar-refractivity contribution >= 4 is 12.1 Å². The first-order valence-electron chi connectivity index (χ1n) is 6.71. The van der Waals surface area contributed by atoms with Crippen LogP contribution in [0.15, 0.2) is 11.8 Å². The van der Waals surface area contributed by atoms with E-state index < -0.39 is 17.6 Å². The molecule has 0 bridgehead atoms. The topological polar surface area (TPSA) is 82.1 Å². The normalized spacial score (nSPS) is 22.9. The van der Waals surface area contributed by atoms with Crippen molar-refractivity contribution in [2.75, 3.05) is 19.6 Å². The van der Waals surface area contributed by atoms with Crippen LogP contribution in [0.5, 0.6) is 0 Å². The van der Waals surface area contributed by atoms with E-state index in [1.807, 2.05) is 25.8 Å². The molecule has 1 fully saturated rings. The van der Waals surface area contributed by atoms with Crippen LogP contribution in [0.3, 0.4) is 0 Å². The van der Waals surface area contributed by atoms with E-state index in [4.69, 9.17) is 9.84 Å². The summed E-state index contributed by atoms with van der Waals surface area (Å²) in [6.45, 7) is 7.12. The number of carboxylic acid groups (broad SMARTS) is 1. The molecule has 20 heavy (non-hydrogen) atoms. The molecule has 0 spiro atoms. The third-order valence-corrected chi connectivity index (χ3v) is 3.08. The minimum Gasteiger partial charge on any atom is -0.480 e. The Morgan fingerprint density at radius 3 is 2.70 bits per heavy atom. The van der Waals surface area contributed by atoms with E-state index in [2.05, 4.69) is 5.43 Å². The van der Waals surface area contributed by atoms with Crippen molar-refractivity contribution in [3.63, 3.8) is 0 Å². The Kier molecular flexibility index (Phi) is 3.89. The lowest BCUT2D eigenvalue weighted by Crippen LogP contribution is -2.41. The Hall–Kier alpha value is -1.76. The van der Waals surface area contributed by atoms with Gasteiger partial charge in [0.2, 0.25) is 0 Å². The molecule has 0 aromatic rings. The molecule has 2 aliphatic rings. The van der Waals surface area contributed by atoms with Crippen molar-refractivity contribution in [3.8, 4) is 0 Å². The molecule has 0 aromatic carbocycles. The lowest BCUT2D eigenvalue weighted by atomic mass is 10.2. The molecule has 0 aliphatic carbocycles. The monoisotopic (exact) mass is 283 g/mol. The summed E-state index contributed by atoms with van der Waals surface area (Å²) in [5.74, 6) is -0.922. The van der Waals surface area contributed by atoms with E-state index in [1.54, 1.807) is 11.0 Å². The second kappa shape index (κ2) is 5.32. The summed E-state index contributed by atoms with van der Waals surface area (Å²) in [4.78, 5) is 24.7. The number of fused-ring (bicyclic) bond motifs is 1. The first-order chi connectivity index (χ1) is 9.26. The molecule has 7 nitrogen and oxygen atoms in total.